The van der Waals surface area contributed by atoms with Gasteiger partial charge < -0.3 is 19.9 Å². The molecule has 1 aromatic rings. The molecule has 0 aromatic carbocycles. The van der Waals surface area contributed by atoms with Crippen LogP contribution in [0.4, 0.5) is 5.95 Å². The van der Waals surface area contributed by atoms with Crippen molar-refractivity contribution in [2.45, 2.75) is 0 Å². The first-order valence-electron chi connectivity index (χ1n) is 6.80. The van der Waals surface area contributed by atoms with Crippen LogP contribution in [0.1, 0.15) is 0 Å². The summed E-state index contributed by atoms with van der Waals surface area (Å²) < 4.78 is 4.92. The predicted molar refractivity (Wildman–Crippen MR) is 75.6 cm³/mol. The molecule has 0 unspecified atom stereocenters. The number of carbonyl (C=O) groups excluding carboxylic acids is 1. The molecule has 2 rings (SSSR count). The normalized spacial score (nSPS) is 15.4. The van der Waals surface area contributed by atoms with Gasteiger partial charge >= 0.3 is 0 Å². The number of hydrogen-bond donors (Lipinski definition) is 1. The van der Waals surface area contributed by atoms with E-state index in [0.29, 0.717) is 32.8 Å². The molecule has 1 saturated heterocycles. The number of hydrogen-bond acceptors (Lipinski definition) is 6. The number of amides is 1. The summed E-state index contributed by atoms with van der Waals surface area (Å²) in [6.07, 6.45) is 3.47. The van der Waals surface area contributed by atoms with E-state index in [4.69, 9.17) is 4.74 Å². The lowest BCUT2D eigenvalue weighted by molar-refractivity contribution is -0.130. The Balaban J connectivity index is 1.72. The molecule has 1 fully saturated rings. The summed E-state index contributed by atoms with van der Waals surface area (Å²) in [5, 5.41) is 3.07. The number of aromatic nitrogens is 2. The van der Waals surface area contributed by atoms with Crippen molar-refractivity contribution in [1.29, 1.82) is 0 Å². The van der Waals surface area contributed by atoms with Crippen molar-refractivity contribution in [3.05, 3.63) is 18.5 Å². The van der Waals surface area contributed by atoms with E-state index in [2.05, 4.69) is 20.2 Å². The smallest absolute Gasteiger partial charge is 0.236 e. The molecule has 0 bridgehead atoms. The standard InChI is InChI=1S/C13H21N5O2/c1-20-10-5-14-11-12(19)17-6-8-18(9-7-17)13-15-3-2-4-16-13/h2-4,14H,5-11H2,1H3. The maximum atomic E-state index is 12.0. The summed E-state index contributed by atoms with van der Waals surface area (Å²) in [4.78, 5) is 24.4. The zero-order valence-electron chi connectivity index (χ0n) is 11.8. The van der Waals surface area contributed by atoms with Gasteiger partial charge in [0.25, 0.3) is 0 Å². The molecule has 0 saturated carbocycles. The van der Waals surface area contributed by atoms with Crippen LogP contribution >= 0.6 is 0 Å². The number of carbonyl (C=O) groups is 1. The third-order valence-corrected chi connectivity index (χ3v) is 3.23. The Kier molecular flexibility index (Phi) is 5.69. The minimum absolute atomic E-state index is 0.134. The molecule has 110 valence electrons. The van der Waals surface area contributed by atoms with Crippen molar-refractivity contribution < 1.29 is 9.53 Å². The van der Waals surface area contributed by atoms with E-state index in [1.807, 2.05) is 4.90 Å². The van der Waals surface area contributed by atoms with Gasteiger partial charge in [0.05, 0.1) is 13.2 Å². The number of ether oxygens (including phenoxy) is 1. The average Bonchev–Trinajstić information content (AvgIpc) is 2.52. The molecule has 7 nitrogen and oxygen atoms in total. The Bertz CT molecular complexity index is 406. The predicted octanol–water partition coefficient (Wildman–Crippen LogP) is -0.639. The quantitative estimate of drug-likeness (QED) is 0.699. The molecule has 1 N–H and O–H groups in total. The van der Waals surface area contributed by atoms with Gasteiger partial charge in [-0.05, 0) is 6.07 Å². The average molecular weight is 279 g/mol. The number of rotatable bonds is 6. The first-order chi connectivity index (χ1) is 9.81. The summed E-state index contributed by atoms with van der Waals surface area (Å²) in [5.41, 5.74) is 0. The molecule has 20 heavy (non-hydrogen) atoms. The molecule has 1 aliphatic heterocycles. The van der Waals surface area contributed by atoms with Gasteiger partial charge in [0.15, 0.2) is 0 Å². The van der Waals surface area contributed by atoms with Gasteiger partial charge in [0, 0.05) is 52.2 Å². The largest absolute Gasteiger partial charge is 0.383 e. The Labute approximate surface area is 118 Å². The summed E-state index contributed by atoms with van der Waals surface area (Å²) in [6, 6.07) is 1.80. The van der Waals surface area contributed by atoms with Crippen LogP contribution in [0.3, 0.4) is 0 Å². The first-order valence-corrected chi connectivity index (χ1v) is 6.80. The molecule has 1 amide bonds. The molecule has 0 radical (unpaired) electrons. The number of nitrogens with zero attached hydrogens (tertiary/aromatic N) is 4. The van der Waals surface area contributed by atoms with Crippen LogP contribution in [0.2, 0.25) is 0 Å². The summed E-state index contributed by atoms with van der Waals surface area (Å²) in [5.74, 6) is 0.868. The molecule has 1 aromatic heterocycles. The molecule has 1 aliphatic rings. The maximum Gasteiger partial charge on any atom is 0.236 e. The second kappa shape index (κ2) is 7.76. The van der Waals surface area contributed by atoms with Crippen LogP contribution in [0.25, 0.3) is 0 Å². The third-order valence-electron chi connectivity index (χ3n) is 3.23. The lowest BCUT2D eigenvalue weighted by atomic mass is 10.3. The van der Waals surface area contributed by atoms with Gasteiger partial charge in [-0.3, -0.25) is 4.79 Å². The van der Waals surface area contributed by atoms with Crippen LogP contribution in [0, 0.1) is 0 Å². The van der Waals surface area contributed by atoms with Gasteiger partial charge in [-0.25, -0.2) is 9.97 Å². The Morgan fingerprint density at radius 3 is 2.65 bits per heavy atom. The first kappa shape index (κ1) is 14.7. The van der Waals surface area contributed by atoms with Crippen LogP contribution < -0.4 is 10.2 Å². The molecule has 0 spiro atoms. The van der Waals surface area contributed by atoms with E-state index in [-0.39, 0.29) is 5.91 Å². The highest BCUT2D eigenvalue weighted by Crippen LogP contribution is 2.09. The van der Waals surface area contributed by atoms with Gasteiger partial charge in [-0.2, -0.15) is 0 Å². The molecule has 2 heterocycles. The maximum absolute atomic E-state index is 12.0. The zero-order valence-corrected chi connectivity index (χ0v) is 11.8. The van der Waals surface area contributed by atoms with Crippen molar-refractivity contribution in [1.82, 2.24) is 20.2 Å². The highest BCUT2D eigenvalue weighted by Gasteiger charge is 2.21. The van der Waals surface area contributed by atoms with Crippen LogP contribution in [-0.4, -0.2) is 73.8 Å². The summed E-state index contributed by atoms with van der Waals surface area (Å²) >= 11 is 0. The number of methoxy groups -OCH3 is 1. The van der Waals surface area contributed by atoms with E-state index in [1.165, 1.54) is 0 Å². The van der Waals surface area contributed by atoms with Crippen molar-refractivity contribution in [2.24, 2.45) is 0 Å². The van der Waals surface area contributed by atoms with Gasteiger partial charge in [-0.15, -0.1) is 0 Å². The molecular weight excluding hydrogens is 258 g/mol. The topological polar surface area (TPSA) is 70.6 Å². The highest BCUT2D eigenvalue weighted by molar-refractivity contribution is 5.78. The van der Waals surface area contributed by atoms with Gasteiger partial charge in [0.1, 0.15) is 0 Å². The van der Waals surface area contributed by atoms with Crippen LogP contribution in [0.15, 0.2) is 18.5 Å². The third kappa shape index (κ3) is 4.14. The Hall–Kier alpha value is -1.73. The van der Waals surface area contributed by atoms with E-state index < -0.39 is 0 Å². The van der Waals surface area contributed by atoms with E-state index in [0.717, 1.165) is 19.0 Å². The highest BCUT2D eigenvalue weighted by atomic mass is 16.5. The zero-order chi connectivity index (χ0) is 14.2. The molecule has 0 atom stereocenters. The number of anilines is 1. The monoisotopic (exact) mass is 279 g/mol. The lowest BCUT2D eigenvalue weighted by Crippen LogP contribution is -2.51. The fourth-order valence-electron chi connectivity index (χ4n) is 2.09. The van der Waals surface area contributed by atoms with Crippen molar-refractivity contribution in [2.75, 3.05) is 57.9 Å². The van der Waals surface area contributed by atoms with Gasteiger partial charge in [0.2, 0.25) is 11.9 Å². The Morgan fingerprint density at radius 2 is 2.00 bits per heavy atom. The lowest BCUT2D eigenvalue weighted by Gasteiger charge is -2.34. The molecular formula is C13H21N5O2. The fourth-order valence-corrected chi connectivity index (χ4v) is 2.09. The van der Waals surface area contributed by atoms with Crippen LogP contribution in [0.5, 0.6) is 0 Å². The minimum atomic E-state index is 0.134. The number of piperazine rings is 1. The van der Waals surface area contributed by atoms with Crippen molar-refractivity contribution in [3.63, 3.8) is 0 Å². The van der Waals surface area contributed by atoms with E-state index in [1.54, 1.807) is 25.6 Å². The van der Waals surface area contributed by atoms with Crippen LogP contribution in [-0.2, 0) is 9.53 Å². The minimum Gasteiger partial charge on any atom is -0.383 e. The summed E-state index contributed by atoms with van der Waals surface area (Å²) in [6.45, 7) is 4.64. The van der Waals surface area contributed by atoms with Crippen molar-refractivity contribution in [3.8, 4) is 0 Å². The summed E-state index contributed by atoms with van der Waals surface area (Å²) in [7, 11) is 1.65. The second-order valence-corrected chi connectivity index (χ2v) is 4.59. The fraction of sp³-hybridized carbons (Fsp3) is 0.615. The number of nitrogens with one attached hydrogen (secondary N) is 1. The SMILES string of the molecule is COCCNCC(=O)N1CCN(c2ncccn2)CC1. The molecule has 7 heteroatoms. The molecule has 0 aliphatic carbocycles. The van der Waals surface area contributed by atoms with E-state index >= 15 is 0 Å². The second-order valence-electron chi connectivity index (χ2n) is 4.59. The van der Waals surface area contributed by atoms with Crippen molar-refractivity contribution >= 4 is 11.9 Å². The van der Waals surface area contributed by atoms with Gasteiger partial charge in [-0.1, -0.05) is 0 Å². The Morgan fingerprint density at radius 1 is 1.30 bits per heavy atom. The van der Waals surface area contributed by atoms with E-state index in [9.17, 15) is 4.79 Å².